The van der Waals surface area contributed by atoms with E-state index in [0.717, 1.165) is 0 Å². The Bertz CT molecular complexity index is 875. The van der Waals surface area contributed by atoms with Gasteiger partial charge in [-0.05, 0) is 31.2 Å². The molecule has 27 heavy (non-hydrogen) atoms. The fourth-order valence-corrected chi connectivity index (χ4v) is 2.81. The molecule has 0 saturated carbocycles. The number of hydrogen-bond acceptors (Lipinski definition) is 6. The lowest BCUT2D eigenvalue weighted by molar-refractivity contribution is 0.0954. The number of carbonyl (C=O) groups is 1. The summed E-state index contributed by atoms with van der Waals surface area (Å²) in [5.74, 6) is 0.351. The number of methoxy groups -OCH3 is 3. The van der Waals surface area contributed by atoms with Gasteiger partial charge in [-0.3, -0.25) is 4.79 Å². The van der Waals surface area contributed by atoms with E-state index in [1.54, 1.807) is 6.92 Å². The first-order valence-electron chi connectivity index (χ1n) is 7.65. The Labute approximate surface area is 166 Å². The third kappa shape index (κ3) is 4.56. The quantitative estimate of drug-likeness (QED) is 0.554. The molecule has 2 aromatic carbocycles. The molecule has 144 valence electrons. The molecule has 0 atom stereocenters. The maximum atomic E-state index is 12.5. The molecule has 0 saturated heterocycles. The van der Waals surface area contributed by atoms with E-state index >= 15 is 0 Å². The summed E-state index contributed by atoms with van der Waals surface area (Å²) < 4.78 is 15.7. The Morgan fingerprint density at radius 3 is 2.15 bits per heavy atom. The topological polar surface area (TPSA) is 89.4 Å². The number of hydrazone groups is 1. The lowest BCUT2D eigenvalue weighted by atomic mass is 10.1. The number of nitrogens with zero attached hydrogens (tertiary/aromatic N) is 1. The first-order valence-corrected chi connectivity index (χ1v) is 8.41. The molecule has 0 fully saturated rings. The molecule has 0 aromatic heterocycles. The molecule has 2 aromatic rings. The molecule has 0 radical (unpaired) electrons. The van der Waals surface area contributed by atoms with Crippen LogP contribution in [0.2, 0.25) is 10.0 Å². The molecular formula is C18H18Cl2N2O5. The van der Waals surface area contributed by atoms with Crippen LogP contribution in [0, 0.1) is 0 Å². The summed E-state index contributed by atoms with van der Waals surface area (Å²) in [5.41, 5.74) is 3.27. The van der Waals surface area contributed by atoms with Crippen molar-refractivity contribution in [3.63, 3.8) is 0 Å². The monoisotopic (exact) mass is 412 g/mol. The molecule has 0 aliphatic rings. The van der Waals surface area contributed by atoms with E-state index in [1.807, 2.05) is 0 Å². The van der Waals surface area contributed by atoms with Gasteiger partial charge in [-0.1, -0.05) is 23.2 Å². The van der Waals surface area contributed by atoms with E-state index in [4.69, 9.17) is 37.4 Å². The molecule has 0 aliphatic carbocycles. The summed E-state index contributed by atoms with van der Waals surface area (Å²) >= 11 is 11.8. The first-order chi connectivity index (χ1) is 12.8. The van der Waals surface area contributed by atoms with Crippen molar-refractivity contribution < 1.29 is 24.1 Å². The summed E-state index contributed by atoms with van der Waals surface area (Å²) in [6.45, 7) is 1.59. The predicted molar refractivity (Wildman–Crippen MR) is 104 cm³/mol. The van der Waals surface area contributed by atoms with Gasteiger partial charge in [0.15, 0.2) is 11.5 Å². The number of amides is 1. The Morgan fingerprint density at radius 2 is 1.63 bits per heavy atom. The van der Waals surface area contributed by atoms with Gasteiger partial charge in [-0.25, -0.2) is 5.43 Å². The highest BCUT2D eigenvalue weighted by Gasteiger charge is 2.17. The van der Waals surface area contributed by atoms with Crippen LogP contribution in [0.5, 0.6) is 23.0 Å². The summed E-state index contributed by atoms with van der Waals surface area (Å²) in [6.07, 6.45) is 0. The number of hydrogen-bond donors (Lipinski definition) is 2. The van der Waals surface area contributed by atoms with Gasteiger partial charge in [0.25, 0.3) is 5.91 Å². The highest BCUT2D eigenvalue weighted by molar-refractivity contribution is 6.36. The summed E-state index contributed by atoms with van der Waals surface area (Å²) in [4.78, 5) is 12.5. The minimum absolute atomic E-state index is 0.0861. The van der Waals surface area contributed by atoms with E-state index in [2.05, 4.69) is 10.5 Å². The van der Waals surface area contributed by atoms with E-state index in [0.29, 0.717) is 33.5 Å². The van der Waals surface area contributed by atoms with Crippen LogP contribution < -0.4 is 19.6 Å². The molecule has 0 aliphatic heterocycles. The maximum absolute atomic E-state index is 12.5. The number of aromatic hydroxyl groups is 1. The van der Waals surface area contributed by atoms with Crippen LogP contribution in [0.1, 0.15) is 22.8 Å². The number of ether oxygens (including phenoxy) is 3. The lowest BCUT2D eigenvalue weighted by Gasteiger charge is -2.13. The smallest absolute Gasteiger partial charge is 0.271 e. The van der Waals surface area contributed by atoms with Gasteiger partial charge >= 0.3 is 0 Å². The molecule has 2 N–H and O–H groups in total. The van der Waals surface area contributed by atoms with Crippen molar-refractivity contribution in [1.82, 2.24) is 5.43 Å². The number of phenols is 1. The largest absolute Gasteiger partial charge is 0.506 e. The number of phenolic OH excluding ortho intramolecular Hbond substituents is 1. The van der Waals surface area contributed by atoms with Crippen molar-refractivity contribution in [1.29, 1.82) is 0 Å². The molecule has 0 spiro atoms. The highest BCUT2D eigenvalue weighted by Crippen LogP contribution is 2.38. The fourth-order valence-electron chi connectivity index (χ4n) is 2.31. The van der Waals surface area contributed by atoms with Gasteiger partial charge in [0, 0.05) is 16.1 Å². The third-order valence-corrected chi connectivity index (χ3v) is 4.18. The zero-order chi connectivity index (χ0) is 20.1. The van der Waals surface area contributed by atoms with Gasteiger partial charge in [-0.2, -0.15) is 5.10 Å². The van der Waals surface area contributed by atoms with Crippen molar-refractivity contribution >= 4 is 34.8 Å². The Morgan fingerprint density at radius 1 is 1.04 bits per heavy atom. The van der Waals surface area contributed by atoms with Crippen LogP contribution in [0.4, 0.5) is 0 Å². The summed E-state index contributed by atoms with van der Waals surface area (Å²) in [7, 11) is 4.37. The molecule has 1 amide bonds. The fraction of sp³-hybridized carbons (Fsp3) is 0.222. The SMILES string of the molecule is COc1cc(C(=O)N/N=C(\C)c2cc(Cl)cc(Cl)c2O)cc(OC)c1OC. The molecule has 0 heterocycles. The van der Waals surface area contributed by atoms with Gasteiger partial charge in [-0.15, -0.1) is 0 Å². The molecule has 0 bridgehead atoms. The molecule has 2 rings (SSSR count). The molecular weight excluding hydrogens is 395 g/mol. The van der Waals surface area contributed by atoms with Crippen molar-refractivity contribution in [2.75, 3.05) is 21.3 Å². The van der Waals surface area contributed by atoms with Crippen LogP contribution in [0.15, 0.2) is 29.4 Å². The van der Waals surface area contributed by atoms with Crippen LogP contribution in [0.3, 0.4) is 0 Å². The zero-order valence-electron chi connectivity index (χ0n) is 15.1. The molecule has 7 nitrogen and oxygen atoms in total. The zero-order valence-corrected chi connectivity index (χ0v) is 16.6. The van der Waals surface area contributed by atoms with Gasteiger partial charge in [0.2, 0.25) is 5.75 Å². The van der Waals surface area contributed by atoms with Gasteiger partial charge in [0.1, 0.15) is 5.75 Å². The second-order valence-corrected chi connectivity index (χ2v) is 6.18. The number of nitrogens with one attached hydrogen (secondary N) is 1. The molecule has 9 heteroatoms. The molecule has 0 unspecified atom stereocenters. The normalized spacial score (nSPS) is 11.1. The van der Waals surface area contributed by atoms with Crippen molar-refractivity contribution in [3.05, 3.63) is 45.4 Å². The van der Waals surface area contributed by atoms with Gasteiger partial charge < -0.3 is 19.3 Å². The second kappa shape index (κ2) is 8.83. The summed E-state index contributed by atoms with van der Waals surface area (Å²) in [5, 5.41) is 14.5. The van der Waals surface area contributed by atoms with Crippen LogP contribution in [-0.2, 0) is 0 Å². The van der Waals surface area contributed by atoms with E-state index in [1.165, 1.54) is 45.6 Å². The minimum Gasteiger partial charge on any atom is -0.506 e. The highest BCUT2D eigenvalue weighted by atomic mass is 35.5. The van der Waals surface area contributed by atoms with Crippen LogP contribution >= 0.6 is 23.2 Å². The minimum atomic E-state index is -0.513. The van der Waals surface area contributed by atoms with E-state index < -0.39 is 5.91 Å². The van der Waals surface area contributed by atoms with Crippen LogP contribution in [-0.4, -0.2) is 38.1 Å². The maximum Gasteiger partial charge on any atom is 0.271 e. The van der Waals surface area contributed by atoms with E-state index in [-0.39, 0.29) is 16.3 Å². The van der Waals surface area contributed by atoms with Crippen LogP contribution in [0.25, 0.3) is 0 Å². The lowest BCUT2D eigenvalue weighted by Crippen LogP contribution is -2.19. The average molecular weight is 413 g/mol. The van der Waals surface area contributed by atoms with E-state index in [9.17, 15) is 9.90 Å². The number of carbonyl (C=O) groups excluding carboxylic acids is 1. The Kier molecular flexibility index (Phi) is 6.76. The Hall–Kier alpha value is -2.64. The first kappa shape index (κ1) is 20.7. The standard InChI is InChI=1S/C18H18Cl2N2O5/c1-9(12-7-11(19)8-13(20)16(12)23)21-22-18(24)10-5-14(25-2)17(27-4)15(6-10)26-3/h5-8,23H,1-4H3,(H,22,24)/b21-9+. The summed E-state index contributed by atoms with van der Waals surface area (Å²) in [6, 6.07) is 5.89. The predicted octanol–water partition coefficient (Wildman–Crippen LogP) is 3.88. The Balaban J connectivity index is 2.31. The number of rotatable bonds is 6. The van der Waals surface area contributed by atoms with Crippen molar-refractivity contribution in [3.8, 4) is 23.0 Å². The number of halogens is 2. The number of benzene rings is 2. The second-order valence-electron chi connectivity index (χ2n) is 5.34. The van der Waals surface area contributed by atoms with Crippen molar-refractivity contribution in [2.24, 2.45) is 5.10 Å². The third-order valence-electron chi connectivity index (χ3n) is 3.67. The van der Waals surface area contributed by atoms with Gasteiger partial charge in [0.05, 0.1) is 32.1 Å². The average Bonchev–Trinajstić information content (AvgIpc) is 2.67. The van der Waals surface area contributed by atoms with Crippen molar-refractivity contribution in [2.45, 2.75) is 6.92 Å².